The Kier molecular flexibility index (Phi) is 7.48. The SMILES string of the molecule is COc1ccccc1C(C)NC(=O)CCCNC(=O)c1ccc(Cl)cc1. The van der Waals surface area contributed by atoms with Crippen LogP contribution in [0, 0.1) is 0 Å². The first kappa shape index (κ1) is 19.8. The number of amides is 2. The number of hydrogen-bond donors (Lipinski definition) is 2. The molecule has 2 amide bonds. The lowest BCUT2D eigenvalue weighted by Gasteiger charge is -2.17. The smallest absolute Gasteiger partial charge is 0.251 e. The maximum Gasteiger partial charge on any atom is 0.251 e. The first-order valence-electron chi connectivity index (χ1n) is 8.47. The number of halogens is 1. The zero-order valence-electron chi connectivity index (χ0n) is 14.9. The van der Waals surface area contributed by atoms with E-state index in [0.29, 0.717) is 30.0 Å². The molecule has 2 N–H and O–H groups in total. The van der Waals surface area contributed by atoms with Crippen molar-refractivity contribution in [3.63, 3.8) is 0 Å². The Hall–Kier alpha value is -2.53. The van der Waals surface area contributed by atoms with Gasteiger partial charge in [0, 0.05) is 29.1 Å². The zero-order valence-corrected chi connectivity index (χ0v) is 15.7. The van der Waals surface area contributed by atoms with Crippen molar-refractivity contribution >= 4 is 23.4 Å². The molecule has 2 rings (SSSR count). The molecule has 0 aliphatic heterocycles. The van der Waals surface area contributed by atoms with Gasteiger partial charge in [-0.2, -0.15) is 0 Å². The van der Waals surface area contributed by atoms with Gasteiger partial charge in [-0.3, -0.25) is 9.59 Å². The second-order valence-electron chi connectivity index (χ2n) is 5.90. The van der Waals surface area contributed by atoms with Crippen LogP contribution in [0.25, 0.3) is 0 Å². The zero-order chi connectivity index (χ0) is 18.9. The second kappa shape index (κ2) is 9.82. The van der Waals surface area contributed by atoms with Gasteiger partial charge in [0.1, 0.15) is 5.75 Å². The number of nitrogens with one attached hydrogen (secondary N) is 2. The molecule has 5 nitrogen and oxygen atoms in total. The van der Waals surface area contributed by atoms with E-state index < -0.39 is 0 Å². The molecule has 0 saturated heterocycles. The van der Waals surface area contributed by atoms with E-state index in [1.807, 2.05) is 31.2 Å². The average Bonchev–Trinajstić information content (AvgIpc) is 2.65. The number of ether oxygens (including phenoxy) is 1. The van der Waals surface area contributed by atoms with Gasteiger partial charge in [-0.15, -0.1) is 0 Å². The fraction of sp³-hybridized carbons (Fsp3) is 0.300. The number of methoxy groups -OCH3 is 1. The Morgan fingerprint density at radius 1 is 1.12 bits per heavy atom. The third-order valence-corrected chi connectivity index (χ3v) is 4.21. The molecule has 0 aliphatic rings. The molecule has 138 valence electrons. The molecule has 0 saturated carbocycles. The molecule has 2 aromatic rings. The van der Waals surface area contributed by atoms with Crippen molar-refractivity contribution in [3.8, 4) is 5.75 Å². The van der Waals surface area contributed by atoms with Gasteiger partial charge in [0.25, 0.3) is 5.91 Å². The Morgan fingerprint density at radius 2 is 1.81 bits per heavy atom. The lowest BCUT2D eigenvalue weighted by Crippen LogP contribution is -2.29. The monoisotopic (exact) mass is 374 g/mol. The summed E-state index contributed by atoms with van der Waals surface area (Å²) < 4.78 is 5.32. The van der Waals surface area contributed by atoms with Gasteiger partial charge in [0.05, 0.1) is 13.2 Å². The van der Waals surface area contributed by atoms with Gasteiger partial charge in [-0.05, 0) is 43.7 Å². The fourth-order valence-corrected chi connectivity index (χ4v) is 2.70. The van der Waals surface area contributed by atoms with Crippen LogP contribution in [-0.2, 0) is 4.79 Å². The largest absolute Gasteiger partial charge is 0.496 e. The predicted molar refractivity (Wildman–Crippen MR) is 103 cm³/mol. The number of carbonyl (C=O) groups is 2. The summed E-state index contributed by atoms with van der Waals surface area (Å²) in [4.78, 5) is 24.1. The van der Waals surface area contributed by atoms with Crippen LogP contribution < -0.4 is 15.4 Å². The van der Waals surface area contributed by atoms with E-state index in [-0.39, 0.29) is 17.9 Å². The highest BCUT2D eigenvalue weighted by atomic mass is 35.5. The van der Waals surface area contributed by atoms with E-state index in [2.05, 4.69) is 10.6 Å². The van der Waals surface area contributed by atoms with Gasteiger partial charge >= 0.3 is 0 Å². The van der Waals surface area contributed by atoms with Gasteiger partial charge in [-0.1, -0.05) is 29.8 Å². The van der Waals surface area contributed by atoms with Crippen molar-refractivity contribution in [1.29, 1.82) is 0 Å². The molecular formula is C20H23ClN2O3. The minimum atomic E-state index is -0.176. The maximum absolute atomic E-state index is 12.1. The molecule has 1 atom stereocenters. The van der Waals surface area contributed by atoms with E-state index in [4.69, 9.17) is 16.3 Å². The van der Waals surface area contributed by atoms with Gasteiger partial charge < -0.3 is 15.4 Å². The van der Waals surface area contributed by atoms with Crippen LogP contribution in [-0.4, -0.2) is 25.5 Å². The highest BCUT2D eigenvalue weighted by Crippen LogP contribution is 2.24. The van der Waals surface area contributed by atoms with Crippen molar-refractivity contribution < 1.29 is 14.3 Å². The van der Waals surface area contributed by atoms with Crippen LogP contribution in [0.5, 0.6) is 5.75 Å². The van der Waals surface area contributed by atoms with E-state index in [1.54, 1.807) is 31.4 Å². The number of rotatable bonds is 8. The van der Waals surface area contributed by atoms with Crippen molar-refractivity contribution in [3.05, 3.63) is 64.7 Å². The van der Waals surface area contributed by atoms with Crippen molar-refractivity contribution in [2.45, 2.75) is 25.8 Å². The van der Waals surface area contributed by atoms with Crippen LogP contribution >= 0.6 is 11.6 Å². The molecule has 1 unspecified atom stereocenters. The summed E-state index contributed by atoms with van der Waals surface area (Å²) in [6, 6.07) is 14.1. The van der Waals surface area contributed by atoms with Crippen LogP contribution in [0.4, 0.5) is 0 Å². The highest BCUT2D eigenvalue weighted by Gasteiger charge is 2.13. The first-order chi connectivity index (χ1) is 12.5. The Morgan fingerprint density at radius 3 is 2.50 bits per heavy atom. The van der Waals surface area contributed by atoms with Crippen LogP contribution in [0.3, 0.4) is 0 Å². The molecule has 2 aromatic carbocycles. The van der Waals surface area contributed by atoms with Gasteiger partial charge in [-0.25, -0.2) is 0 Å². The molecule has 0 aliphatic carbocycles. The van der Waals surface area contributed by atoms with E-state index in [0.717, 1.165) is 11.3 Å². The third kappa shape index (κ3) is 5.77. The second-order valence-corrected chi connectivity index (χ2v) is 6.33. The quantitative estimate of drug-likeness (QED) is 0.692. The molecule has 0 aromatic heterocycles. The van der Waals surface area contributed by atoms with E-state index >= 15 is 0 Å². The fourth-order valence-electron chi connectivity index (χ4n) is 2.57. The summed E-state index contributed by atoms with van der Waals surface area (Å²) in [7, 11) is 1.61. The number of benzene rings is 2. The summed E-state index contributed by atoms with van der Waals surface area (Å²) in [5.41, 5.74) is 1.48. The molecule has 0 fully saturated rings. The molecule has 26 heavy (non-hydrogen) atoms. The minimum Gasteiger partial charge on any atom is -0.496 e. The van der Waals surface area contributed by atoms with Crippen molar-refractivity contribution in [2.24, 2.45) is 0 Å². The summed E-state index contributed by atoms with van der Waals surface area (Å²) in [5.74, 6) is 0.504. The van der Waals surface area contributed by atoms with Crippen LogP contribution in [0.2, 0.25) is 5.02 Å². The molecule has 6 heteroatoms. The van der Waals surface area contributed by atoms with Gasteiger partial charge in [0.2, 0.25) is 5.91 Å². The molecule has 0 spiro atoms. The number of carbonyl (C=O) groups excluding carboxylic acids is 2. The predicted octanol–water partition coefficient (Wildman–Crippen LogP) is 3.74. The average molecular weight is 375 g/mol. The lowest BCUT2D eigenvalue weighted by molar-refractivity contribution is -0.121. The van der Waals surface area contributed by atoms with Crippen molar-refractivity contribution in [1.82, 2.24) is 10.6 Å². The van der Waals surface area contributed by atoms with Crippen LogP contribution in [0.15, 0.2) is 48.5 Å². The maximum atomic E-state index is 12.1. The van der Waals surface area contributed by atoms with E-state index in [1.165, 1.54) is 0 Å². The van der Waals surface area contributed by atoms with Crippen LogP contribution in [0.1, 0.15) is 41.7 Å². The summed E-state index contributed by atoms with van der Waals surface area (Å²) in [6.45, 7) is 2.34. The minimum absolute atomic E-state index is 0.0656. The number of hydrogen-bond acceptors (Lipinski definition) is 3. The number of para-hydroxylation sites is 1. The van der Waals surface area contributed by atoms with Crippen molar-refractivity contribution in [2.75, 3.05) is 13.7 Å². The molecular weight excluding hydrogens is 352 g/mol. The summed E-state index contributed by atoms with van der Waals surface area (Å²) >= 11 is 5.80. The normalized spacial score (nSPS) is 11.5. The highest BCUT2D eigenvalue weighted by molar-refractivity contribution is 6.30. The Balaban J connectivity index is 1.73. The standard InChI is InChI=1S/C20H23ClN2O3/c1-14(17-6-3-4-7-18(17)26-2)23-19(24)8-5-13-22-20(25)15-9-11-16(21)12-10-15/h3-4,6-7,9-12,14H,5,8,13H2,1-2H3,(H,22,25)(H,23,24). The molecule has 0 heterocycles. The lowest BCUT2D eigenvalue weighted by atomic mass is 10.1. The third-order valence-electron chi connectivity index (χ3n) is 3.96. The van der Waals surface area contributed by atoms with Gasteiger partial charge in [0.15, 0.2) is 0 Å². The summed E-state index contributed by atoms with van der Waals surface area (Å²) in [6.07, 6.45) is 0.893. The topological polar surface area (TPSA) is 67.4 Å². The summed E-state index contributed by atoms with van der Waals surface area (Å²) in [5, 5.41) is 6.33. The van der Waals surface area contributed by atoms with E-state index in [9.17, 15) is 9.59 Å². The molecule has 0 bridgehead atoms. The Bertz CT molecular complexity index is 747. The molecule has 0 radical (unpaired) electrons. The Labute approximate surface area is 158 Å². The first-order valence-corrected chi connectivity index (χ1v) is 8.85.